The molecule has 3 aromatic rings. The highest BCUT2D eigenvalue weighted by Gasteiger charge is 2.29. The number of carbonyl (C=O) groups is 2. The zero-order valence-corrected chi connectivity index (χ0v) is 22.1. The smallest absolute Gasteiger partial charge is 0.254 e. The predicted molar refractivity (Wildman–Crippen MR) is 142 cm³/mol. The van der Waals surface area contributed by atoms with Crippen LogP contribution in [0.4, 0.5) is 10.2 Å². The highest BCUT2D eigenvalue weighted by Crippen LogP contribution is 2.25. The van der Waals surface area contributed by atoms with Crippen LogP contribution in [-0.2, 0) is 11.3 Å². The molecular formula is C26H27ClFN5O3S. The Balaban J connectivity index is 1.32. The minimum Gasteiger partial charge on any atom is -0.497 e. The van der Waals surface area contributed by atoms with Crippen molar-refractivity contribution in [3.05, 3.63) is 76.7 Å². The summed E-state index contributed by atoms with van der Waals surface area (Å²) in [5.74, 6) is 0.921. The molecule has 1 aromatic heterocycles. The number of methoxy groups -OCH3 is 1. The second kappa shape index (κ2) is 12.2. The summed E-state index contributed by atoms with van der Waals surface area (Å²) in [7, 11) is 1.59. The van der Waals surface area contributed by atoms with Crippen LogP contribution in [0.5, 0.6) is 5.75 Å². The van der Waals surface area contributed by atoms with Crippen molar-refractivity contribution < 1.29 is 18.7 Å². The van der Waals surface area contributed by atoms with Gasteiger partial charge in [0.2, 0.25) is 5.91 Å². The topological polar surface area (TPSA) is 87.7 Å². The van der Waals surface area contributed by atoms with E-state index in [2.05, 4.69) is 20.2 Å². The molecule has 1 aliphatic rings. The number of nitrogens with zero attached hydrogens (tertiary/aromatic N) is 4. The molecule has 0 radical (unpaired) electrons. The number of hydrogen-bond acceptors (Lipinski definition) is 7. The van der Waals surface area contributed by atoms with Gasteiger partial charge in [0.1, 0.15) is 22.5 Å². The minimum absolute atomic E-state index is 0.0292. The first-order valence-electron chi connectivity index (χ1n) is 11.7. The van der Waals surface area contributed by atoms with Crippen LogP contribution in [0.3, 0.4) is 0 Å². The van der Waals surface area contributed by atoms with Gasteiger partial charge in [0.25, 0.3) is 5.91 Å². The van der Waals surface area contributed by atoms with Crippen LogP contribution in [-0.4, -0.2) is 65.2 Å². The molecule has 1 fully saturated rings. The standard InChI is InChI=1S/C26H27ClFN5O3S/c1-17-15-32(11-12-33(17)25(35)19-5-9-21(36-2)10-6-19)23-13-22(27)30-26(31-23)37-16-24(34)29-14-18-3-7-20(28)8-4-18/h3-10,13,17H,11-12,14-16H2,1-2H3,(H,29,34). The fourth-order valence-corrected chi connectivity index (χ4v) is 4.87. The van der Waals surface area contributed by atoms with Crippen molar-refractivity contribution in [2.24, 2.45) is 0 Å². The fraction of sp³-hybridized carbons (Fsp3) is 0.308. The largest absolute Gasteiger partial charge is 0.497 e. The lowest BCUT2D eigenvalue weighted by atomic mass is 10.1. The van der Waals surface area contributed by atoms with Crippen molar-refractivity contribution >= 4 is 41.0 Å². The van der Waals surface area contributed by atoms with Gasteiger partial charge in [-0.05, 0) is 48.9 Å². The Kier molecular flexibility index (Phi) is 8.83. The van der Waals surface area contributed by atoms with E-state index in [0.717, 1.165) is 5.56 Å². The Labute approximate surface area is 224 Å². The zero-order valence-electron chi connectivity index (χ0n) is 20.5. The van der Waals surface area contributed by atoms with E-state index in [9.17, 15) is 14.0 Å². The highest BCUT2D eigenvalue weighted by atomic mass is 35.5. The molecule has 1 aliphatic heterocycles. The highest BCUT2D eigenvalue weighted by molar-refractivity contribution is 7.99. The first-order valence-corrected chi connectivity index (χ1v) is 13.1. The van der Waals surface area contributed by atoms with Crippen molar-refractivity contribution in [2.75, 3.05) is 37.4 Å². The molecule has 37 heavy (non-hydrogen) atoms. The van der Waals surface area contributed by atoms with Gasteiger partial charge in [-0.25, -0.2) is 14.4 Å². The van der Waals surface area contributed by atoms with Crippen molar-refractivity contribution in [1.82, 2.24) is 20.2 Å². The second-order valence-corrected chi connectivity index (χ2v) is 9.88. The van der Waals surface area contributed by atoms with Crippen LogP contribution in [0.25, 0.3) is 0 Å². The number of carbonyl (C=O) groups excluding carboxylic acids is 2. The number of thioether (sulfide) groups is 1. The molecule has 11 heteroatoms. The molecule has 2 aromatic carbocycles. The number of nitrogens with one attached hydrogen (secondary N) is 1. The number of hydrogen-bond donors (Lipinski definition) is 1. The maximum absolute atomic E-state index is 13.0. The van der Waals surface area contributed by atoms with E-state index in [1.807, 2.05) is 11.8 Å². The van der Waals surface area contributed by atoms with Crippen LogP contribution >= 0.6 is 23.4 Å². The minimum atomic E-state index is -0.320. The van der Waals surface area contributed by atoms with Gasteiger partial charge in [0, 0.05) is 43.9 Å². The number of benzene rings is 2. The SMILES string of the molecule is COc1ccc(C(=O)N2CCN(c3cc(Cl)nc(SCC(=O)NCc4ccc(F)cc4)n3)CC2C)cc1. The van der Waals surface area contributed by atoms with E-state index < -0.39 is 0 Å². The Bertz CT molecular complexity index is 1250. The molecule has 2 heterocycles. The molecule has 0 spiro atoms. The van der Waals surface area contributed by atoms with E-state index in [1.54, 1.807) is 49.6 Å². The summed E-state index contributed by atoms with van der Waals surface area (Å²) in [5, 5.41) is 3.47. The molecule has 1 unspecified atom stereocenters. The lowest BCUT2D eigenvalue weighted by molar-refractivity contribution is -0.118. The van der Waals surface area contributed by atoms with Crippen molar-refractivity contribution in [3.8, 4) is 5.75 Å². The molecule has 1 atom stereocenters. The Hall–Kier alpha value is -3.37. The number of halogens is 2. The quantitative estimate of drug-likeness (QED) is 0.261. The van der Waals surface area contributed by atoms with Crippen molar-refractivity contribution in [1.29, 1.82) is 0 Å². The summed E-state index contributed by atoms with van der Waals surface area (Å²) in [6.07, 6.45) is 0. The van der Waals surface area contributed by atoms with E-state index in [0.29, 0.717) is 48.5 Å². The monoisotopic (exact) mass is 543 g/mol. The summed E-state index contributed by atoms with van der Waals surface area (Å²) in [6.45, 7) is 4.00. The third kappa shape index (κ3) is 7.11. The zero-order chi connectivity index (χ0) is 26.4. The van der Waals surface area contributed by atoms with Crippen LogP contribution in [0.1, 0.15) is 22.8 Å². The van der Waals surface area contributed by atoms with Gasteiger partial charge in [0.05, 0.1) is 12.9 Å². The maximum Gasteiger partial charge on any atom is 0.254 e. The molecule has 0 bridgehead atoms. The van der Waals surface area contributed by atoms with E-state index in [1.165, 1.54) is 23.9 Å². The van der Waals surface area contributed by atoms with Gasteiger partial charge in [0.15, 0.2) is 5.16 Å². The molecule has 0 saturated carbocycles. The number of ether oxygens (including phenoxy) is 1. The number of rotatable bonds is 8. The van der Waals surface area contributed by atoms with Gasteiger partial charge < -0.3 is 19.9 Å². The molecule has 194 valence electrons. The normalized spacial score (nSPS) is 15.4. The predicted octanol–water partition coefficient (Wildman–Crippen LogP) is 4.04. The van der Waals surface area contributed by atoms with E-state index >= 15 is 0 Å². The first kappa shape index (κ1) is 26.7. The number of anilines is 1. The Morgan fingerprint density at radius 1 is 1.14 bits per heavy atom. The van der Waals surface area contributed by atoms with Gasteiger partial charge in [-0.2, -0.15) is 0 Å². The van der Waals surface area contributed by atoms with Crippen molar-refractivity contribution in [3.63, 3.8) is 0 Å². The average molecular weight is 544 g/mol. The van der Waals surface area contributed by atoms with E-state index in [-0.39, 0.29) is 34.6 Å². The van der Waals surface area contributed by atoms with Crippen LogP contribution in [0.15, 0.2) is 59.8 Å². The van der Waals surface area contributed by atoms with Crippen LogP contribution < -0.4 is 15.0 Å². The molecule has 4 rings (SSSR count). The summed E-state index contributed by atoms with van der Waals surface area (Å²) in [5.41, 5.74) is 1.42. The fourth-order valence-electron chi connectivity index (χ4n) is 3.96. The Morgan fingerprint density at radius 3 is 2.54 bits per heavy atom. The number of amides is 2. The molecule has 1 N–H and O–H groups in total. The van der Waals surface area contributed by atoms with Gasteiger partial charge in [-0.1, -0.05) is 35.5 Å². The molecule has 1 saturated heterocycles. The summed E-state index contributed by atoms with van der Waals surface area (Å²) < 4.78 is 18.2. The summed E-state index contributed by atoms with van der Waals surface area (Å²) in [4.78, 5) is 38.1. The van der Waals surface area contributed by atoms with Crippen LogP contribution in [0, 0.1) is 5.82 Å². The number of aromatic nitrogens is 2. The third-order valence-electron chi connectivity index (χ3n) is 5.95. The summed E-state index contributed by atoms with van der Waals surface area (Å²) in [6, 6.07) is 14.7. The molecule has 0 aliphatic carbocycles. The Morgan fingerprint density at radius 2 is 1.86 bits per heavy atom. The maximum atomic E-state index is 13.0. The first-order chi connectivity index (χ1) is 17.8. The van der Waals surface area contributed by atoms with E-state index in [4.69, 9.17) is 16.3 Å². The summed E-state index contributed by atoms with van der Waals surface area (Å²) >= 11 is 7.45. The number of piperazine rings is 1. The third-order valence-corrected chi connectivity index (χ3v) is 6.99. The molecule has 2 amide bonds. The van der Waals surface area contributed by atoms with Gasteiger partial charge in [-0.3, -0.25) is 9.59 Å². The van der Waals surface area contributed by atoms with Crippen molar-refractivity contribution in [2.45, 2.75) is 24.7 Å². The average Bonchev–Trinajstić information content (AvgIpc) is 2.91. The van der Waals surface area contributed by atoms with Crippen LogP contribution in [0.2, 0.25) is 5.15 Å². The van der Waals surface area contributed by atoms with Gasteiger partial charge >= 0.3 is 0 Å². The lowest BCUT2D eigenvalue weighted by Gasteiger charge is -2.40. The molecular weight excluding hydrogens is 517 g/mol. The second-order valence-electron chi connectivity index (χ2n) is 8.55. The van der Waals surface area contributed by atoms with Gasteiger partial charge in [-0.15, -0.1) is 0 Å². The lowest BCUT2D eigenvalue weighted by Crippen LogP contribution is -2.54. The molecule has 8 nitrogen and oxygen atoms in total.